The minimum absolute atomic E-state index is 0.192. The maximum absolute atomic E-state index is 12.3. The Morgan fingerprint density at radius 1 is 1.65 bits per heavy atom. The lowest BCUT2D eigenvalue weighted by molar-refractivity contribution is -0.107. The first-order chi connectivity index (χ1) is 9.76. The molecule has 7 nitrogen and oxygen atoms in total. The lowest BCUT2D eigenvalue weighted by Crippen LogP contribution is -2.42. The number of urea groups is 1. The van der Waals surface area contributed by atoms with Crippen LogP contribution in [0.1, 0.15) is 5.89 Å². The van der Waals surface area contributed by atoms with E-state index in [0.29, 0.717) is 18.0 Å². The lowest BCUT2D eigenvalue weighted by atomic mass is 10.00. The number of rotatable bonds is 5. The number of aliphatic hydroxyl groups is 1. The van der Waals surface area contributed by atoms with Gasteiger partial charge in [0, 0.05) is 12.1 Å². The third-order valence-electron chi connectivity index (χ3n) is 3.41. The number of aromatic nitrogens is 1. The summed E-state index contributed by atoms with van der Waals surface area (Å²) in [5.41, 5.74) is 0.701. The monoisotopic (exact) mass is 277 g/mol. The van der Waals surface area contributed by atoms with Crippen LogP contribution >= 0.6 is 0 Å². The molecule has 2 bridgehead atoms. The maximum Gasteiger partial charge on any atom is 0.345 e. The molecule has 0 spiro atoms. The molecule has 2 atom stereocenters. The summed E-state index contributed by atoms with van der Waals surface area (Å²) in [6.07, 6.45) is 6.43. The van der Waals surface area contributed by atoms with Crippen LogP contribution in [0.2, 0.25) is 0 Å². The SMILES string of the molecule is C=CCON1C(=O)N2C[C@H]1C=C(c1ncco1)[C@H]2CO. The summed E-state index contributed by atoms with van der Waals surface area (Å²) in [4.78, 5) is 23.3. The second-order valence-corrected chi connectivity index (χ2v) is 4.57. The lowest BCUT2D eigenvalue weighted by Gasteiger charge is -2.28. The Balaban J connectivity index is 1.93. The number of amides is 2. The van der Waals surface area contributed by atoms with Gasteiger partial charge in [-0.15, -0.1) is 6.58 Å². The standard InChI is InChI=1S/C13H15N3O4/c1-2-4-20-16-9-6-10(12-14-3-5-19-12)11(8-17)15(7-9)13(16)18/h2-3,5-6,9,11,17H,1,4,7-8H2/t9-,11-/m1/s1. The number of oxazole rings is 1. The normalized spacial score (nSPS) is 25.1. The predicted octanol–water partition coefficient (Wildman–Crippen LogP) is 0.656. The van der Waals surface area contributed by atoms with E-state index in [1.165, 1.54) is 17.5 Å². The Labute approximate surface area is 115 Å². The summed E-state index contributed by atoms with van der Waals surface area (Å²) in [6, 6.07) is -0.949. The summed E-state index contributed by atoms with van der Waals surface area (Å²) in [5, 5.41) is 10.9. The van der Waals surface area contributed by atoms with E-state index < -0.39 is 6.04 Å². The van der Waals surface area contributed by atoms with E-state index >= 15 is 0 Å². The van der Waals surface area contributed by atoms with Gasteiger partial charge in [-0.3, -0.25) is 4.84 Å². The maximum atomic E-state index is 12.3. The fourth-order valence-corrected chi connectivity index (χ4v) is 2.55. The zero-order valence-corrected chi connectivity index (χ0v) is 10.8. The van der Waals surface area contributed by atoms with Crippen LogP contribution in [-0.2, 0) is 4.84 Å². The number of hydrogen-bond donors (Lipinski definition) is 1. The van der Waals surface area contributed by atoms with Crippen LogP contribution in [0.4, 0.5) is 4.79 Å². The van der Waals surface area contributed by atoms with E-state index in [2.05, 4.69) is 11.6 Å². The summed E-state index contributed by atoms with van der Waals surface area (Å²) in [6.45, 7) is 4.10. The van der Waals surface area contributed by atoms with Crippen molar-refractivity contribution in [3.8, 4) is 0 Å². The first kappa shape index (κ1) is 12.9. The topological polar surface area (TPSA) is 79.0 Å². The molecule has 0 unspecified atom stereocenters. The molecule has 2 amide bonds. The number of carbonyl (C=O) groups excluding carboxylic acids is 1. The van der Waals surface area contributed by atoms with Gasteiger partial charge < -0.3 is 14.4 Å². The number of hydrogen-bond acceptors (Lipinski definition) is 5. The Morgan fingerprint density at radius 3 is 3.15 bits per heavy atom. The van der Waals surface area contributed by atoms with Gasteiger partial charge in [-0.05, 0) is 6.08 Å². The highest BCUT2D eigenvalue weighted by molar-refractivity contribution is 5.83. The third-order valence-corrected chi connectivity index (χ3v) is 3.41. The first-order valence-electron chi connectivity index (χ1n) is 6.32. The van der Waals surface area contributed by atoms with Gasteiger partial charge in [0.2, 0.25) is 5.89 Å². The molecule has 2 aliphatic heterocycles. The summed E-state index contributed by atoms with van der Waals surface area (Å²) < 4.78 is 5.28. The fourth-order valence-electron chi connectivity index (χ4n) is 2.55. The van der Waals surface area contributed by atoms with Crippen molar-refractivity contribution in [2.45, 2.75) is 12.1 Å². The van der Waals surface area contributed by atoms with Crippen LogP contribution in [0.5, 0.6) is 0 Å². The zero-order valence-electron chi connectivity index (χ0n) is 10.8. The second-order valence-electron chi connectivity index (χ2n) is 4.57. The van der Waals surface area contributed by atoms with Gasteiger partial charge in [0.05, 0.1) is 31.5 Å². The molecule has 7 heteroatoms. The van der Waals surface area contributed by atoms with Gasteiger partial charge in [-0.25, -0.2) is 9.78 Å². The van der Waals surface area contributed by atoms with Crippen molar-refractivity contribution >= 4 is 11.6 Å². The molecule has 3 heterocycles. The molecule has 3 rings (SSSR count). The van der Waals surface area contributed by atoms with Gasteiger partial charge in [0.25, 0.3) is 0 Å². The highest BCUT2D eigenvalue weighted by Gasteiger charge is 2.46. The van der Waals surface area contributed by atoms with Crippen molar-refractivity contribution in [1.82, 2.24) is 14.9 Å². The van der Waals surface area contributed by atoms with E-state index in [1.54, 1.807) is 11.0 Å². The summed E-state index contributed by atoms with van der Waals surface area (Å²) in [7, 11) is 0. The van der Waals surface area contributed by atoms with Gasteiger partial charge in [-0.1, -0.05) is 6.08 Å². The number of hydroxylamine groups is 2. The zero-order chi connectivity index (χ0) is 14.1. The molecular formula is C13H15N3O4. The van der Waals surface area contributed by atoms with E-state index in [0.717, 1.165) is 0 Å². The van der Waals surface area contributed by atoms with Crippen molar-refractivity contribution in [3.63, 3.8) is 0 Å². The molecule has 0 aliphatic carbocycles. The smallest absolute Gasteiger partial charge is 0.345 e. The molecule has 0 radical (unpaired) electrons. The Morgan fingerprint density at radius 2 is 2.50 bits per heavy atom. The highest BCUT2D eigenvalue weighted by atomic mass is 16.7. The molecule has 1 saturated heterocycles. The molecule has 1 N–H and O–H groups in total. The Bertz CT molecular complexity index is 540. The average Bonchev–Trinajstić information content (AvgIpc) is 3.07. The van der Waals surface area contributed by atoms with Crippen LogP contribution < -0.4 is 0 Å². The molecule has 1 fully saturated rings. The molecule has 20 heavy (non-hydrogen) atoms. The molecule has 1 aromatic rings. The first-order valence-corrected chi connectivity index (χ1v) is 6.32. The van der Waals surface area contributed by atoms with E-state index in [9.17, 15) is 9.90 Å². The summed E-state index contributed by atoms with van der Waals surface area (Å²) >= 11 is 0. The van der Waals surface area contributed by atoms with Crippen molar-refractivity contribution in [1.29, 1.82) is 0 Å². The van der Waals surface area contributed by atoms with E-state index in [1.807, 2.05) is 6.08 Å². The Kier molecular flexibility index (Phi) is 3.29. The quantitative estimate of drug-likeness (QED) is 0.800. The molecule has 0 saturated carbocycles. The number of carbonyl (C=O) groups is 1. The van der Waals surface area contributed by atoms with Crippen LogP contribution in [-0.4, -0.2) is 57.9 Å². The second kappa shape index (κ2) is 5.10. The van der Waals surface area contributed by atoms with E-state index in [-0.39, 0.29) is 25.3 Å². The summed E-state index contributed by atoms with van der Waals surface area (Å²) in [5.74, 6) is 0.414. The largest absolute Gasteiger partial charge is 0.445 e. The van der Waals surface area contributed by atoms with Crippen molar-refractivity contribution in [2.24, 2.45) is 0 Å². The highest BCUT2D eigenvalue weighted by Crippen LogP contribution is 2.33. The van der Waals surface area contributed by atoms with Gasteiger partial charge >= 0.3 is 6.03 Å². The van der Waals surface area contributed by atoms with E-state index in [4.69, 9.17) is 9.25 Å². The van der Waals surface area contributed by atoms with Crippen molar-refractivity contribution in [2.75, 3.05) is 19.8 Å². The van der Waals surface area contributed by atoms with Crippen LogP contribution in [0, 0.1) is 0 Å². The predicted molar refractivity (Wildman–Crippen MR) is 69.2 cm³/mol. The Hall–Kier alpha value is -2.12. The fraction of sp³-hybridized carbons (Fsp3) is 0.385. The van der Waals surface area contributed by atoms with Crippen molar-refractivity contribution in [3.05, 3.63) is 37.1 Å². The van der Waals surface area contributed by atoms with Crippen LogP contribution in [0.3, 0.4) is 0 Å². The molecule has 2 aliphatic rings. The average molecular weight is 277 g/mol. The van der Waals surface area contributed by atoms with Gasteiger partial charge in [0.15, 0.2) is 0 Å². The molecule has 0 aromatic carbocycles. The third kappa shape index (κ3) is 1.91. The van der Waals surface area contributed by atoms with Crippen LogP contribution in [0.25, 0.3) is 5.57 Å². The van der Waals surface area contributed by atoms with Crippen molar-refractivity contribution < 1.29 is 19.2 Å². The number of fused-ring (bicyclic) bond motifs is 2. The molecule has 106 valence electrons. The minimum Gasteiger partial charge on any atom is -0.445 e. The van der Waals surface area contributed by atoms with Gasteiger partial charge in [0.1, 0.15) is 6.26 Å². The number of aliphatic hydroxyl groups excluding tert-OH is 1. The molecule has 1 aromatic heterocycles. The van der Waals surface area contributed by atoms with Gasteiger partial charge in [-0.2, -0.15) is 5.06 Å². The minimum atomic E-state index is -0.463. The molecular weight excluding hydrogens is 262 g/mol. The van der Waals surface area contributed by atoms with Crippen LogP contribution in [0.15, 0.2) is 35.6 Å². The number of nitrogens with zero attached hydrogens (tertiary/aromatic N) is 3.